The third kappa shape index (κ3) is 2.84. The van der Waals surface area contributed by atoms with Crippen molar-refractivity contribution in [1.29, 1.82) is 0 Å². The highest BCUT2D eigenvalue weighted by Crippen LogP contribution is 2.15. The van der Waals surface area contributed by atoms with E-state index < -0.39 is 0 Å². The molecular weight excluding hydrogens is 248 g/mol. The average Bonchev–Trinajstić information content (AvgIpc) is 2.86. The topological polar surface area (TPSA) is 162 Å². The van der Waals surface area contributed by atoms with Crippen LogP contribution in [0.3, 0.4) is 0 Å². The van der Waals surface area contributed by atoms with Crippen LogP contribution in [0.2, 0.25) is 0 Å². The minimum absolute atomic E-state index is 0.0190. The molecule has 0 bridgehead atoms. The van der Waals surface area contributed by atoms with Crippen LogP contribution >= 0.6 is 11.8 Å². The van der Waals surface area contributed by atoms with Crippen LogP contribution in [0.25, 0.3) is 0 Å². The maximum absolute atomic E-state index is 11.4. The van der Waals surface area contributed by atoms with Crippen LogP contribution in [0.5, 0.6) is 0 Å². The molecule has 0 fully saturated rings. The molecule has 0 saturated heterocycles. The van der Waals surface area contributed by atoms with Crippen molar-refractivity contribution >= 4 is 35.3 Å². The van der Waals surface area contributed by atoms with E-state index in [4.69, 9.17) is 11.5 Å². The average molecular weight is 256 g/mol. The molecule has 0 aliphatic rings. The van der Waals surface area contributed by atoms with Gasteiger partial charge in [0.05, 0.1) is 5.75 Å². The van der Waals surface area contributed by atoms with Crippen LogP contribution in [0.15, 0.2) is 9.79 Å². The van der Waals surface area contributed by atoms with Crippen LogP contribution in [-0.2, 0) is 4.79 Å². The first-order valence-electron chi connectivity index (χ1n) is 4.33. The Hall–Kier alpha value is -2.30. The fraction of sp³-hybridized carbons (Fsp3) is 0.167. The third-order valence-corrected chi connectivity index (χ3v) is 2.43. The first-order valence-corrected chi connectivity index (χ1v) is 5.32. The molecule has 0 aliphatic heterocycles. The van der Waals surface area contributed by atoms with Crippen LogP contribution in [0, 0.1) is 0 Å². The summed E-state index contributed by atoms with van der Waals surface area (Å²) in [6, 6.07) is 0. The van der Waals surface area contributed by atoms with Crippen molar-refractivity contribution < 1.29 is 9.42 Å². The van der Waals surface area contributed by atoms with Gasteiger partial charge in [-0.15, -0.1) is 5.10 Å². The van der Waals surface area contributed by atoms with Gasteiger partial charge in [0, 0.05) is 0 Å². The van der Waals surface area contributed by atoms with Gasteiger partial charge >= 0.3 is 0 Å². The highest BCUT2D eigenvalue weighted by molar-refractivity contribution is 7.99. The number of amides is 1. The highest BCUT2D eigenvalue weighted by atomic mass is 32.2. The second-order valence-corrected chi connectivity index (χ2v) is 3.78. The van der Waals surface area contributed by atoms with Crippen LogP contribution in [0.4, 0.5) is 17.6 Å². The number of carbonyl (C=O) groups excluding carboxylic acids is 1. The summed E-state index contributed by atoms with van der Waals surface area (Å²) in [5, 5.41) is 15.7. The number of aromatic nitrogens is 5. The number of nitrogen functional groups attached to an aromatic ring is 2. The summed E-state index contributed by atoms with van der Waals surface area (Å²) >= 11 is 1.11. The quantitative estimate of drug-likeness (QED) is 0.507. The molecule has 0 atom stereocenters. The SMILES string of the molecule is Nc1nc(SCC(=O)Nc2nonc2N)n[nH]1. The lowest BCUT2D eigenvalue weighted by atomic mass is 10.6. The first-order chi connectivity index (χ1) is 8.15. The van der Waals surface area contributed by atoms with Gasteiger partial charge in [-0.3, -0.25) is 4.79 Å². The number of nitrogens with zero attached hydrogens (tertiary/aromatic N) is 4. The largest absolute Gasteiger partial charge is 0.378 e. The molecule has 0 radical (unpaired) electrons. The number of aromatic amines is 1. The number of hydrogen-bond acceptors (Lipinski definition) is 9. The second-order valence-electron chi connectivity index (χ2n) is 2.84. The molecule has 0 aromatic carbocycles. The number of rotatable bonds is 4. The molecule has 0 aliphatic carbocycles. The molecule has 2 rings (SSSR count). The van der Waals surface area contributed by atoms with E-state index in [9.17, 15) is 4.79 Å². The lowest BCUT2D eigenvalue weighted by molar-refractivity contribution is -0.113. The molecule has 2 aromatic rings. The Morgan fingerprint density at radius 1 is 1.47 bits per heavy atom. The molecule has 2 aromatic heterocycles. The molecule has 0 unspecified atom stereocenters. The molecule has 1 amide bonds. The molecular formula is C6H8N8O2S. The Morgan fingerprint density at radius 2 is 2.29 bits per heavy atom. The smallest absolute Gasteiger partial charge is 0.236 e. The van der Waals surface area contributed by atoms with Crippen molar-refractivity contribution in [3.8, 4) is 0 Å². The Balaban J connectivity index is 1.84. The maximum Gasteiger partial charge on any atom is 0.236 e. The van der Waals surface area contributed by atoms with Gasteiger partial charge in [0.1, 0.15) is 0 Å². The van der Waals surface area contributed by atoms with E-state index in [1.54, 1.807) is 0 Å². The fourth-order valence-corrected chi connectivity index (χ4v) is 1.51. The minimum Gasteiger partial charge on any atom is -0.378 e. The molecule has 10 nitrogen and oxygen atoms in total. The zero-order chi connectivity index (χ0) is 12.3. The number of nitrogens with two attached hydrogens (primary N) is 2. The van der Waals surface area contributed by atoms with Crippen LogP contribution < -0.4 is 16.8 Å². The summed E-state index contributed by atoms with van der Waals surface area (Å²) in [6.45, 7) is 0. The van der Waals surface area contributed by atoms with Crippen molar-refractivity contribution in [2.45, 2.75) is 5.16 Å². The molecule has 6 N–H and O–H groups in total. The molecule has 2 heterocycles. The van der Waals surface area contributed by atoms with Gasteiger partial charge in [-0.05, 0) is 10.3 Å². The molecule has 11 heteroatoms. The van der Waals surface area contributed by atoms with E-state index in [1.165, 1.54) is 0 Å². The Morgan fingerprint density at radius 3 is 2.88 bits per heavy atom. The molecule has 17 heavy (non-hydrogen) atoms. The molecule has 0 spiro atoms. The van der Waals surface area contributed by atoms with E-state index in [0.29, 0.717) is 5.16 Å². The van der Waals surface area contributed by atoms with Crippen molar-refractivity contribution in [3.05, 3.63) is 0 Å². The zero-order valence-electron chi connectivity index (χ0n) is 8.38. The van der Waals surface area contributed by atoms with Gasteiger partial charge in [0.25, 0.3) is 0 Å². The second kappa shape index (κ2) is 4.69. The van der Waals surface area contributed by atoms with Gasteiger partial charge in [0.2, 0.25) is 28.6 Å². The third-order valence-electron chi connectivity index (χ3n) is 1.59. The standard InChI is InChI=1S/C6H8N8O2S/c7-3-4(14-16-13-3)9-2(15)1-17-6-10-5(8)11-12-6/h1H2,(H2,7,13)(H,9,14,15)(H3,8,10,11,12). The molecule has 0 saturated carbocycles. The number of H-pyrrole nitrogens is 1. The Kier molecular flexibility index (Phi) is 3.09. The summed E-state index contributed by atoms with van der Waals surface area (Å²) in [5.41, 5.74) is 10.7. The number of hydrogen-bond donors (Lipinski definition) is 4. The lowest BCUT2D eigenvalue weighted by Crippen LogP contribution is -2.15. The Bertz CT molecular complexity index is 522. The van der Waals surface area contributed by atoms with Crippen molar-refractivity contribution in [2.75, 3.05) is 22.5 Å². The fourth-order valence-electron chi connectivity index (χ4n) is 0.903. The number of thioether (sulfide) groups is 1. The summed E-state index contributed by atoms with van der Waals surface area (Å²) in [4.78, 5) is 15.3. The van der Waals surface area contributed by atoms with E-state index >= 15 is 0 Å². The lowest BCUT2D eigenvalue weighted by Gasteiger charge is -1.98. The number of nitrogens with one attached hydrogen (secondary N) is 2. The van der Waals surface area contributed by atoms with Crippen LogP contribution in [0.1, 0.15) is 0 Å². The number of carbonyl (C=O) groups is 1. The predicted octanol–water partition coefficient (Wildman–Crippen LogP) is -0.917. The normalized spacial score (nSPS) is 10.4. The number of anilines is 3. The Labute approximate surface area is 98.5 Å². The van der Waals surface area contributed by atoms with Gasteiger partial charge in [-0.1, -0.05) is 11.8 Å². The van der Waals surface area contributed by atoms with Gasteiger partial charge in [-0.25, -0.2) is 9.73 Å². The van der Waals surface area contributed by atoms with Crippen LogP contribution in [-0.4, -0.2) is 37.2 Å². The van der Waals surface area contributed by atoms with Gasteiger partial charge < -0.3 is 16.8 Å². The monoisotopic (exact) mass is 256 g/mol. The minimum atomic E-state index is -0.333. The van der Waals surface area contributed by atoms with E-state index in [-0.39, 0.29) is 29.2 Å². The zero-order valence-corrected chi connectivity index (χ0v) is 9.19. The van der Waals surface area contributed by atoms with Crippen molar-refractivity contribution in [2.24, 2.45) is 0 Å². The summed E-state index contributed by atoms with van der Waals surface area (Å²) < 4.78 is 4.32. The van der Waals surface area contributed by atoms with Crippen molar-refractivity contribution in [3.63, 3.8) is 0 Å². The summed E-state index contributed by atoms with van der Waals surface area (Å²) in [5.74, 6) is 0.0538. The molecule has 90 valence electrons. The first kappa shape index (κ1) is 11.2. The summed E-state index contributed by atoms with van der Waals surface area (Å²) in [7, 11) is 0. The van der Waals surface area contributed by atoms with E-state index in [2.05, 4.69) is 35.4 Å². The van der Waals surface area contributed by atoms with E-state index in [1.807, 2.05) is 0 Å². The van der Waals surface area contributed by atoms with Gasteiger partial charge in [-0.2, -0.15) is 4.98 Å². The summed E-state index contributed by atoms with van der Waals surface area (Å²) in [6.07, 6.45) is 0. The maximum atomic E-state index is 11.4. The highest BCUT2D eigenvalue weighted by Gasteiger charge is 2.11. The van der Waals surface area contributed by atoms with E-state index in [0.717, 1.165) is 11.8 Å². The van der Waals surface area contributed by atoms with Crippen molar-refractivity contribution in [1.82, 2.24) is 25.5 Å². The van der Waals surface area contributed by atoms with Gasteiger partial charge in [0.15, 0.2) is 0 Å². The predicted molar refractivity (Wildman–Crippen MR) is 58.9 cm³/mol.